The van der Waals surface area contributed by atoms with Crippen molar-refractivity contribution in [1.82, 2.24) is 25.6 Å². The van der Waals surface area contributed by atoms with Crippen LogP contribution < -0.4 is 21.0 Å². The van der Waals surface area contributed by atoms with Gasteiger partial charge in [-0.05, 0) is 62.5 Å². The SMILES string of the molecule is CCCNC(=O)C1=CC=C(n2nnc(C(=O)NC3CC3)c2CCCOc2ccc3ccc(=O)oc3c2)CC=C1. The van der Waals surface area contributed by atoms with Gasteiger partial charge in [-0.2, -0.15) is 0 Å². The molecule has 2 amide bonds. The maximum atomic E-state index is 12.9. The molecule has 2 heterocycles. The van der Waals surface area contributed by atoms with E-state index in [-0.39, 0.29) is 17.9 Å². The van der Waals surface area contributed by atoms with Crippen LogP contribution in [0.5, 0.6) is 5.75 Å². The minimum absolute atomic E-state index is 0.126. The van der Waals surface area contributed by atoms with Crippen molar-refractivity contribution in [3.05, 3.63) is 82.0 Å². The second kappa shape index (κ2) is 11.9. The van der Waals surface area contributed by atoms with E-state index in [9.17, 15) is 14.4 Å². The van der Waals surface area contributed by atoms with Crippen molar-refractivity contribution in [1.29, 1.82) is 0 Å². The maximum Gasteiger partial charge on any atom is 0.336 e. The first kappa shape index (κ1) is 26.1. The molecular formula is C29H31N5O5. The normalized spacial score (nSPS) is 14.9. The van der Waals surface area contributed by atoms with Gasteiger partial charge in [-0.15, -0.1) is 5.10 Å². The van der Waals surface area contributed by atoms with Crippen LogP contribution in [-0.4, -0.2) is 46.0 Å². The minimum Gasteiger partial charge on any atom is -0.493 e. The van der Waals surface area contributed by atoms with Crippen LogP contribution in [-0.2, 0) is 11.2 Å². The Kier molecular flexibility index (Phi) is 8.00. The largest absolute Gasteiger partial charge is 0.493 e. The number of carbonyl (C=O) groups is 2. The topological polar surface area (TPSA) is 128 Å². The van der Waals surface area contributed by atoms with Gasteiger partial charge >= 0.3 is 5.63 Å². The molecule has 0 saturated heterocycles. The number of rotatable bonds is 11. The summed E-state index contributed by atoms with van der Waals surface area (Å²) in [5, 5.41) is 15.3. The number of nitrogens with zero attached hydrogens (tertiary/aromatic N) is 3. The molecule has 1 aromatic carbocycles. The van der Waals surface area contributed by atoms with Gasteiger partial charge in [-0.3, -0.25) is 9.59 Å². The van der Waals surface area contributed by atoms with Crippen molar-refractivity contribution < 1.29 is 18.7 Å². The van der Waals surface area contributed by atoms with Gasteiger partial charge < -0.3 is 19.8 Å². The van der Waals surface area contributed by atoms with E-state index in [0.717, 1.165) is 30.3 Å². The van der Waals surface area contributed by atoms with E-state index in [2.05, 4.69) is 20.9 Å². The monoisotopic (exact) mass is 529 g/mol. The van der Waals surface area contributed by atoms with E-state index in [1.807, 2.05) is 31.2 Å². The van der Waals surface area contributed by atoms with E-state index in [4.69, 9.17) is 9.15 Å². The van der Waals surface area contributed by atoms with Crippen molar-refractivity contribution in [2.24, 2.45) is 0 Å². The molecule has 2 aliphatic rings. The summed E-state index contributed by atoms with van der Waals surface area (Å²) in [5.74, 6) is 0.231. The summed E-state index contributed by atoms with van der Waals surface area (Å²) in [6, 6.07) is 8.64. The number of hydrogen-bond acceptors (Lipinski definition) is 7. The van der Waals surface area contributed by atoms with Crippen LogP contribution in [0.3, 0.4) is 0 Å². The lowest BCUT2D eigenvalue weighted by atomic mass is 10.1. The first-order valence-corrected chi connectivity index (χ1v) is 13.3. The van der Waals surface area contributed by atoms with Crippen molar-refractivity contribution in [3.63, 3.8) is 0 Å². The zero-order valence-corrected chi connectivity index (χ0v) is 21.8. The zero-order chi connectivity index (χ0) is 27.2. The van der Waals surface area contributed by atoms with Gasteiger partial charge in [0.2, 0.25) is 0 Å². The van der Waals surface area contributed by atoms with E-state index < -0.39 is 5.63 Å². The molecule has 1 fully saturated rings. The molecule has 0 atom stereocenters. The number of hydrogen-bond donors (Lipinski definition) is 2. The molecule has 0 unspecified atom stereocenters. The molecule has 202 valence electrons. The fourth-order valence-corrected chi connectivity index (χ4v) is 4.24. The summed E-state index contributed by atoms with van der Waals surface area (Å²) in [5.41, 5.74) is 2.41. The second-order valence-corrected chi connectivity index (χ2v) is 9.59. The Balaban J connectivity index is 1.31. The van der Waals surface area contributed by atoms with Crippen LogP contribution in [0.25, 0.3) is 16.7 Å². The highest BCUT2D eigenvalue weighted by molar-refractivity contribution is 5.97. The summed E-state index contributed by atoms with van der Waals surface area (Å²) in [6.07, 6.45) is 11.7. The van der Waals surface area contributed by atoms with Gasteiger partial charge in [0.05, 0.1) is 12.3 Å². The number of nitrogens with one attached hydrogen (secondary N) is 2. The number of benzene rings is 1. The van der Waals surface area contributed by atoms with Crippen LogP contribution in [0.15, 0.2) is 69.4 Å². The average Bonchev–Trinajstić information content (AvgIpc) is 3.70. The molecule has 5 rings (SSSR count). The van der Waals surface area contributed by atoms with Crippen molar-refractivity contribution in [2.45, 2.75) is 51.5 Å². The molecule has 2 aromatic heterocycles. The Hall–Kier alpha value is -4.47. The molecule has 0 bridgehead atoms. The van der Waals surface area contributed by atoms with Gasteiger partial charge in [-0.1, -0.05) is 24.3 Å². The molecule has 2 aliphatic carbocycles. The molecule has 1 saturated carbocycles. The Labute approximate surface area is 225 Å². The summed E-state index contributed by atoms with van der Waals surface area (Å²) >= 11 is 0. The van der Waals surface area contributed by atoms with Gasteiger partial charge in [-0.25, -0.2) is 9.48 Å². The lowest BCUT2D eigenvalue weighted by Gasteiger charge is -2.11. The highest BCUT2D eigenvalue weighted by atomic mass is 16.5. The Morgan fingerprint density at radius 3 is 2.82 bits per heavy atom. The molecule has 2 N–H and O–H groups in total. The Morgan fingerprint density at radius 2 is 2.00 bits per heavy atom. The van der Waals surface area contributed by atoms with Gasteiger partial charge in [0, 0.05) is 47.8 Å². The van der Waals surface area contributed by atoms with Crippen molar-refractivity contribution in [2.75, 3.05) is 13.2 Å². The summed E-state index contributed by atoms with van der Waals surface area (Å²) in [7, 11) is 0. The first-order valence-electron chi connectivity index (χ1n) is 13.3. The van der Waals surface area contributed by atoms with Crippen molar-refractivity contribution >= 4 is 28.5 Å². The predicted octanol–water partition coefficient (Wildman–Crippen LogP) is 3.54. The van der Waals surface area contributed by atoms with Crippen LogP contribution >= 0.6 is 0 Å². The fraction of sp³-hybridized carbons (Fsp3) is 0.345. The molecular weight excluding hydrogens is 498 g/mol. The van der Waals surface area contributed by atoms with E-state index in [1.165, 1.54) is 6.07 Å². The molecule has 10 heteroatoms. The third-order valence-corrected chi connectivity index (χ3v) is 6.46. The standard InChI is InChI=1S/C29H31N5O5/c1-2-16-30-28(36)20-5-3-6-22(13-8-20)34-24(27(32-33-34)29(37)31-21-11-12-21)7-4-17-38-23-14-9-19-10-15-26(35)39-25(19)18-23/h3,5,8-10,13-15,18,21H,2,4,6-7,11-12,16-17H2,1H3,(H,30,36)(H,31,37). The van der Waals surface area contributed by atoms with Gasteiger partial charge in [0.25, 0.3) is 11.8 Å². The molecule has 0 radical (unpaired) electrons. The smallest absolute Gasteiger partial charge is 0.336 e. The predicted molar refractivity (Wildman–Crippen MR) is 146 cm³/mol. The van der Waals surface area contributed by atoms with E-state index in [0.29, 0.717) is 60.7 Å². The molecule has 10 nitrogen and oxygen atoms in total. The number of aromatic nitrogens is 3. The lowest BCUT2D eigenvalue weighted by Crippen LogP contribution is -2.27. The summed E-state index contributed by atoms with van der Waals surface area (Å²) in [6.45, 7) is 2.99. The van der Waals surface area contributed by atoms with E-state index >= 15 is 0 Å². The minimum atomic E-state index is -0.413. The number of amides is 2. The fourth-order valence-electron chi connectivity index (χ4n) is 4.24. The maximum absolute atomic E-state index is 12.9. The average molecular weight is 530 g/mol. The van der Waals surface area contributed by atoms with Crippen LogP contribution in [0, 0.1) is 0 Å². The van der Waals surface area contributed by atoms with E-state index in [1.54, 1.807) is 29.0 Å². The number of carbonyl (C=O) groups excluding carboxylic acids is 2. The Morgan fingerprint density at radius 1 is 1.15 bits per heavy atom. The highest BCUT2D eigenvalue weighted by Gasteiger charge is 2.28. The molecule has 3 aromatic rings. The third-order valence-electron chi connectivity index (χ3n) is 6.46. The third kappa shape index (κ3) is 6.51. The molecule has 0 aliphatic heterocycles. The quantitative estimate of drug-likeness (QED) is 0.287. The second-order valence-electron chi connectivity index (χ2n) is 9.59. The lowest BCUT2D eigenvalue weighted by molar-refractivity contribution is -0.117. The number of ether oxygens (including phenoxy) is 1. The molecule has 0 spiro atoms. The number of fused-ring (bicyclic) bond motifs is 1. The molecule has 39 heavy (non-hydrogen) atoms. The van der Waals surface area contributed by atoms with Gasteiger partial charge in [0.1, 0.15) is 11.3 Å². The zero-order valence-electron chi connectivity index (χ0n) is 21.8. The first-order chi connectivity index (χ1) is 19.0. The Bertz CT molecular complexity index is 1530. The van der Waals surface area contributed by atoms with Crippen molar-refractivity contribution in [3.8, 4) is 5.75 Å². The number of allylic oxidation sites excluding steroid dienone is 4. The van der Waals surface area contributed by atoms with Crippen LogP contribution in [0.2, 0.25) is 0 Å². The van der Waals surface area contributed by atoms with Gasteiger partial charge in [0.15, 0.2) is 5.69 Å². The summed E-state index contributed by atoms with van der Waals surface area (Å²) in [4.78, 5) is 36.9. The van der Waals surface area contributed by atoms with Crippen LogP contribution in [0.4, 0.5) is 0 Å². The highest BCUT2D eigenvalue weighted by Crippen LogP contribution is 2.24. The summed E-state index contributed by atoms with van der Waals surface area (Å²) < 4.78 is 12.8. The van der Waals surface area contributed by atoms with Crippen LogP contribution in [0.1, 0.15) is 55.2 Å².